The van der Waals surface area contributed by atoms with E-state index in [0.717, 1.165) is 46.5 Å². The average molecular weight is 1030 g/mol. The minimum absolute atomic E-state index is 0.00687. The SMILES string of the molecule is Cc1cc(CN(CCN(C)C)Cc2cc(C)cc(C3(C)c4ccc(C(C)(C)C)cc4-c4cc(C(C)(C)C)ccc43)c2O)c(O)c(C2(C)c3ccc(C(C)(C)C)cc3-c3cc(C(C)(C)C)ccc32)c1.[Cl][Ti][Cl]. The van der Waals surface area contributed by atoms with Crippen molar-refractivity contribution in [3.63, 3.8) is 0 Å². The zero-order valence-electron chi connectivity index (χ0n) is 46.1. The van der Waals surface area contributed by atoms with Gasteiger partial charge in [0.2, 0.25) is 0 Å². The monoisotopic (exact) mass is 1030 g/mol. The van der Waals surface area contributed by atoms with E-state index < -0.39 is 27.9 Å². The first-order valence-corrected chi connectivity index (χ1v) is 29.8. The summed E-state index contributed by atoms with van der Waals surface area (Å²) in [5.74, 6) is 0.688. The van der Waals surface area contributed by atoms with E-state index in [1.807, 2.05) is 0 Å². The standard InChI is InChI=1S/C64H80N2O2.2ClH.Ti/c1-39-29-41(57(67)55(31-39)63(15)51-23-19-43(59(3,4)5)33-47(51)48-34-44(60(6,7)8)20-24-52(48)63)37-66(28-27-65(17)18)38-42-30-40(2)32-56(58(42)68)64(16)53-25-21-45(61(9,10)11)35-49(53)50-36-46(62(12,13)14)22-26-54(50)64;;;/h19-26,29-36,67-68H,27-28,37-38H2,1-18H3;2*1H;/q;;;+2/p-2. The Morgan fingerprint density at radius 2 is 0.704 bits per heavy atom. The van der Waals surface area contributed by atoms with Crippen molar-refractivity contribution < 1.29 is 27.2 Å². The minimum atomic E-state index is -0.578. The summed E-state index contributed by atoms with van der Waals surface area (Å²) in [6, 6.07) is 36.8. The molecule has 0 atom stereocenters. The van der Waals surface area contributed by atoms with Gasteiger partial charge in [-0.3, -0.25) is 4.90 Å². The van der Waals surface area contributed by atoms with Crippen molar-refractivity contribution in [1.82, 2.24) is 9.80 Å². The van der Waals surface area contributed by atoms with Crippen LogP contribution >= 0.6 is 18.6 Å². The van der Waals surface area contributed by atoms with Gasteiger partial charge in [-0.05, 0) is 130 Å². The summed E-state index contributed by atoms with van der Waals surface area (Å²) >= 11 is -0.556. The van der Waals surface area contributed by atoms with Crippen LogP contribution in [0.4, 0.5) is 0 Å². The molecule has 2 aliphatic carbocycles. The van der Waals surface area contributed by atoms with E-state index in [0.29, 0.717) is 24.6 Å². The Balaban J connectivity index is 0.00000241. The van der Waals surface area contributed by atoms with E-state index in [-0.39, 0.29) is 21.7 Å². The molecule has 0 unspecified atom stereocenters. The fraction of sp³-hybridized carbons (Fsp3) is 0.438. The molecule has 6 aromatic carbocycles. The first kappa shape index (κ1) is 54.9. The van der Waals surface area contributed by atoms with E-state index in [2.05, 4.69) is 232 Å². The van der Waals surface area contributed by atoms with Crippen LogP contribution in [-0.4, -0.2) is 47.2 Å². The van der Waals surface area contributed by atoms with Crippen molar-refractivity contribution in [2.75, 3.05) is 27.2 Å². The molecule has 0 saturated heterocycles. The van der Waals surface area contributed by atoms with Gasteiger partial charge in [0.15, 0.2) is 0 Å². The molecule has 2 N–H and O–H groups in total. The molecule has 0 heterocycles. The molecular formula is C64H80Cl2N2O2Ti. The predicted octanol–water partition coefficient (Wildman–Crippen LogP) is 16.5. The molecule has 71 heavy (non-hydrogen) atoms. The van der Waals surface area contributed by atoms with Gasteiger partial charge >= 0.3 is 35.6 Å². The molecule has 8 rings (SSSR count). The number of phenolic OH excluding ortho intramolecular Hbond substituents is 2. The van der Waals surface area contributed by atoms with Gasteiger partial charge in [-0.2, -0.15) is 0 Å². The van der Waals surface area contributed by atoms with Gasteiger partial charge < -0.3 is 15.1 Å². The van der Waals surface area contributed by atoms with Gasteiger partial charge in [-0.25, -0.2) is 0 Å². The van der Waals surface area contributed by atoms with Gasteiger partial charge in [-0.15, -0.1) is 0 Å². The molecule has 2 aliphatic rings. The fourth-order valence-corrected chi connectivity index (χ4v) is 11.3. The van der Waals surface area contributed by atoms with Crippen LogP contribution in [0.25, 0.3) is 22.3 Å². The molecule has 0 spiro atoms. The second kappa shape index (κ2) is 19.8. The summed E-state index contributed by atoms with van der Waals surface area (Å²) < 4.78 is 0. The van der Waals surface area contributed by atoms with Crippen molar-refractivity contribution in [3.05, 3.63) is 175 Å². The van der Waals surface area contributed by atoms with Crippen LogP contribution in [0.5, 0.6) is 11.5 Å². The first-order valence-electron chi connectivity index (χ1n) is 25.5. The van der Waals surface area contributed by atoms with E-state index in [1.165, 1.54) is 66.8 Å². The van der Waals surface area contributed by atoms with Gasteiger partial charge in [0.05, 0.1) is 0 Å². The number of aromatic hydroxyl groups is 2. The van der Waals surface area contributed by atoms with E-state index >= 15 is 0 Å². The van der Waals surface area contributed by atoms with Crippen LogP contribution in [0.3, 0.4) is 0 Å². The van der Waals surface area contributed by atoms with Crippen LogP contribution in [0.15, 0.2) is 97.1 Å². The summed E-state index contributed by atoms with van der Waals surface area (Å²) in [4.78, 5) is 4.62. The molecule has 0 bridgehead atoms. The molecule has 376 valence electrons. The zero-order chi connectivity index (χ0) is 52.6. The topological polar surface area (TPSA) is 46.9 Å². The Bertz CT molecular complexity index is 2660. The normalized spacial score (nSPS) is 14.7. The molecule has 0 aliphatic heterocycles. The van der Waals surface area contributed by atoms with Crippen LogP contribution < -0.4 is 0 Å². The maximum absolute atomic E-state index is 12.8. The number of halogens is 2. The Morgan fingerprint density at radius 3 is 0.944 bits per heavy atom. The Labute approximate surface area is 444 Å². The van der Waals surface area contributed by atoms with Crippen molar-refractivity contribution in [3.8, 4) is 33.8 Å². The number of rotatable bonds is 9. The second-order valence-electron chi connectivity index (χ2n) is 25.5. The Kier molecular flexibility index (Phi) is 15.3. The number of nitrogens with zero attached hydrogens (tertiary/aromatic N) is 2. The Hall–Kier alpha value is -3.87. The number of phenols is 2. The molecule has 6 aromatic rings. The van der Waals surface area contributed by atoms with Gasteiger partial charge in [-0.1, -0.05) is 191 Å². The third-order valence-corrected chi connectivity index (χ3v) is 15.7. The molecule has 0 amide bonds. The zero-order valence-corrected chi connectivity index (χ0v) is 49.2. The van der Waals surface area contributed by atoms with E-state index in [4.69, 9.17) is 18.6 Å². The van der Waals surface area contributed by atoms with E-state index in [9.17, 15) is 10.2 Å². The number of hydrogen-bond donors (Lipinski definition) is 2. The summed E-state index contributed by atoms with van der Waals surface area (Å²) in [7, 11) is 14.0. The third kappa shape index (κ3) is 10.5. The van der Waals surface area contributed by atoms with Crippen LogP contribution in [0.1, 0.15) is 175 Å². The van der Waals surface area contributed by atoms with Gasteiger partial charge in [0.1, 0.15) is 11.5 Å². The van der Waals surface area contributed by atoms with Crippen molar-refractivity contribution in [1.29, 1.82) is 0 Å². The number of hydrogen-bond acceptors (Lipinski definition) is 4. The quantitative estimate of drug-likeness (QED) is 0.142. The number of aryl methyl sites for hydroxylation is 2. The van der Waals surface area contributed by atoms with Crippen molar-refractivity contribution in [2.24, 2.45) is 0 Å². The van der Waals surface area contributed by atoms with Gasteiger partial charge in [0.25, 0.3) is 0 Å². The van der Waals surface area contributed by atoms with Crippen molar-refractivity contribution in [2.45, 2.75) is 156 Å². The number of likely N-dealkylation sites (N-methyl/N-ethyl adjacent to an activating group) is 1. The second-order valence-corrected chi connectivity index (χ2v) is 28.1. The summed E-state index contributed by atoms with van der Waals surface area (Å²) in [6.45, 7) is 39.0. The molecule has 7 heteroatoms. The molecular weight excluding hydrogens is 947 g/mol. The summed E-state index contributed by atoms with van der Waals surface area (Å²) in [6.07, 6.45) is 0. The van der Waals surface area contributed by atoms with Crippen LogP contribution in [-0.2, 0) is 62.6 Å². The van der Waals surface area contributed by atoms with Crippen molar-refractivity contribution >= 4 is 18.6 Å². The Morgan fingerprint density at radius 1 is 0.437 bits per heavy atom. The molecule has 0 fully saturated rings. The van der Waals surface area contributed by atoms with Crippen LogP contribution in [0.2, 0.25) is 0 Å². The van der Waals surface area contributed by atoms with Gasteiger partial charge in [0, 0.05) is 59.3 Å². The summed E-state index contributed by atoms with van der Waals surface area (Å²) in [5, 5.41) is 25.6. The molecule has 0 radical (unpaired) electrons. The third-order valence-electron chi connectivity index (χ3n) is 15.7. The van der Waals surface area contributed by atoms with Crippen LogP contribution in [0, 0.1) is 13.8 Å². The number of benzene rings is 6. The molecule has 4 nitrogen and oxygen atoms in total. The molecule has 0 aromatic heterocycles. The number of fused-ring (bicyclic) bond motifs is 6. The first-order chi connectivity index (χ1) is 32.8. The predicted molar refractivity (Wildman–Crippen MR) is 300 cm³/mol. The fourth-order valence-electron chi connectivity index (χ4n) is 11.3. The van der Waals surface area contributed by atoms with E-state index in [1.54, 1.807) is 0 Å². The average Bonchev–Trinajstić information content (AvgIpc) is 3.68. The summed E-state index contributed by atoms with van der Waals surface area (Å²) in [5.41, 5.74) is 19.9. The molecule has 0 saturated carbocycles. The maximum atomic E-state index is 12.8.